The molecule has 0 aromatic carbocycles. The SMILES string of the molecule is CCNC(=O)C(C)=C(O)OO. The summed E-state index contributed by atoms with van der Waals surface area (Å²) in [6.45, 7) is 3.52. The maximum Gasteiger partial charge on any atom is 0.322 e. The van der Waals surface area contributed by atoms with Gasteiger partial charge >= 0.3 is 5.95 Å². The molecule has 1 amide bonds. The zero-order chi connectivity index (χ0) is 8.85. The molecule has 0 saturated carbocycles. The van der Waals surface area contributed by atoms with Crippen LogP contribution in [0.2, 0.25) is 0 Å². The third-order valence-electron chi connectivity index (χ3n) is 1.09. The lowest BCUT2D eigenvalue weighted by Gasteiger charge is -2.02. The van der Waals surface area contributed by atoms with Gasteiger partial charge in [-0.3, -0.25) is 4.79 Å². The van der Waals surface area contributed by atoms with Gasteiger partial charge in [-0.05, 0) is 13.8 Å². The highest BCUT2D eigenvalue weighted by Crippen LogP contribution is 1.99. The molecule has 0 aliphatic rings. The van der Waals surface area contributed by atoms with Crippen LogP contribution < -0.4 is 5.32 Å². The molecule has 0 aliphatic carbocycles. The van der Waals surface area contributed by atoms with E-state index in [1.165, 1.54) is 6.92 Å². The highest BCUT2D eigenvalue weighted by molar-refractivity contribution is 5.92. The third-order valence-corrected chi connectivity index (χ3v) is 1.09. The lowest BCUT2D eigenvalue weighted by molar-refractivity contribution is -0.236. The Kier molecular flexibility index (Phi) is 4.05. The lowest BCUT2D eigenvalue weighted by atomic mass is 10.3. The van der Waals surface area contributed by atoms with Gasteiger partial charge in [-0.1, -0.05) is 0 Å². The molecular weight excluding hydrogens is 150 g/mol. The quantitative estimate of drug-likeness (QED) is 0.242. The molecule has 0 heterocycles. The maximum atomic E-state index is 10.8. The van der Waals surface area contributed by atoms with E-state index in [9.17, 15) is 4.79 Å². The number of hydrogen-bond donors (Lipinski definition) is 3. The Morgan fingerprint density at radius 3 is 2.55 bits per heavy atom. The number of amides is 1. The number of carbonyl (C=O) groups is 1. The second kappa shape index (κ2) is 4.56. The number of likely N-dealkylation sites (N-methyl/N-ethyl adjacent to an activating group) is 1. The summed E-state index contributed by atoms with van der Waals surface area (Å²) < 4.78 is 0. The average molecular weight is 161 g/mol. The normalized spacial score (nSPS) is 11.9. The minimum Gasteiger partial charge on any atom is -0.479 e. The molecule has 0 radical (unpaired) electrons. The van der Waals surface area contributed by atoms with Crippen molar-refractivity contribution in [2.24, 2.45) is 0 Å². The van der Waals surface area contributed by atoms with E-state index in [-0.39, 0.29) is 5.57 Å². The van der Waals surface area contributed by atoms with Gasteiger partial charge in [-0.15, -0.1) is 0 Å². The molecule has 0 spiro atoms. The van der Waals surface area contributed by atoms with Gasteiger partial charge in [-0.2, -0.15) is 5.26 Å². The molecule has 0 bridgehead atoms. The van der Waals surface area contributed by atoms with E-state index in [4.69, 9.17) is 10.4 Å². The van der Waals surface area contributed by atoms with Crippen LogP contribution in [-0.4, -0.2) is 22.8 Å². The summed E-state index contributed by atoms with van der Waals surface area (Å²) >= 11 is 0. The number of aliphatic hydroxyl groups excluding tert-OH is 1. The summed E-state index contributed by atoms with van der Waals surface area (Å²) in [6, 6.07) is 0. The van der Waals surface area contributed by atoms with E-state index in [1.807, 2.05) is 0 Å². The largest absolute Gasteiger partial charge is 0.479 e. The molecule has 5 heteroatoms. The number of aliphatic hydroxyl groups is 1. The minimum atomic E-state index is -0.782. The van der Waals surface area contributed by atoms with E-state index >= 15 is 0 Å². The molecule has 0 rings (SSSR count). The second-order valence-corrected chi connectivity index (χ2v) is 1.88. The monoisotopic (exact) mass is 161 g/mol. The summed E-state index contributed by atoms with van der Waals surface area (Å²) in [4.78, 5) is 14.3. The number of rotatable bonds is 3. The van der Waals surface area contributed by atoms with Crippen molar-refractivity contribution in [1.82, 2.24) is 5.32 Å². The highest BCUT2D eigenvalue weighted by Gasteiger charge is 2.09. The molecule has 3 N–H and O–H groups in total. The van der Waals surface area contributed by atoms with Crippen LogP contribution in [0.5, 0.6) is 0 Å². The molecule has 64 valence electrons. The Bertz CT molecular complexity index is 175. The van der Waals surface area contributed by atoms with Gasteiger partial charge in [0.25, 0.3) is 5.91 Å². The van der Waals surface area contributed by atoms with Crippen molar-refractivity contribution >= 4 is 5.91 Å². The number of carbonyl (C=O) groups excluding carboxylic acids is 1. The van der Waals surface area contributed by atoms with Crippen LogP contribution in [0.3, 0.4) is 0 Å². The first-order valence-electron chi connectivity index (χ1n) is 3.13. The molecule has 0 atom stereocenters. The zero-order valence-electron chi connectivity index (χ0n) is 6.42. The van der Waals surface area contributed by atoms with Crippen LogP contribution in [0.15, 0.2) is 11.5 Å². The lowest BCUT2D eigenvalue weighted by Crippen LogP contribution is -2.24. The highest BCUT2D eigenvalue weighted by atomic mass is 17.1. The predicted molar refractivity (Wildman–Crippen MR) is 37.7 cm³/mol. The first-order valence-corrected chi connectivity index (χ1v) is 3.13. The van der Waals surface area contributed by atoms with Crippen LogP contribution in [0.25, 0.3) is 0 Å². The van der Waals surface area contributed by atoms with Gasteiger partial charge in [0, 0.05) is 6.54 Å². The molecule has 0 aromatic rings. The second-order valence-electron chi connectivity index (χ2n) is 1.88. The number of hydrogen-bond acceptors (Lipinski definition) is 4. The Morgan fingerprint density at radius 1 is 1.64 bits per heavy atom. The molecule has 5 nitrogen and oxygen atoms in total. The van der Waals surface area contributed by atoms with E-state index in [0.717, 1.165) is 0 Å². The van der Waals surface area contributed by atoms with Crippen molar-refractivity contribution in [3.63, 3.8) is 0 Å². The Labute approximate surface area is 64.2 Å². The Morgan fingerprint density at radius 2 is 2.18 bits per heavy atom. The number of nitrogens with one attached hydrogen (secondary N) is 1. The summed E-state index contributed by atoms with van der Waals surface area (Å²) in [6.07, 6.45) is 0. The van der Waals surface area contributed by atoms with E-state index in [2.05, 4.69) is 10.2 Å². The van der Waals surface area contributed by atoms with Gasteiger partial charge in [0.05, 0.1) is 5.57 Å². The van der Waals surface area contributed by atoms with Crippen LogP contribution in [0, 0.1) is 0 Å². The molecule has 0 aliphatic heterocycles. The summed E-state index contributed by atoms with van der Waals surface area (Å²) in [5.74, 6) is -1.25. The molecule has 0 aromatic heterocycles. The van der Waals surface area contributed by atoms with E-state index < -0.39 is 11.9 Å². The van der Waals surface area contributed by atoms with Crippen molar-refractivity contribution in [1.29, 1.82) is 0 Å². The summed E-state index contributed by atoms with van der Waals surface area (Å²) in [5, 5.41) is 19.0. The fourth-order valence-electron chi connectivity index (χ4n) is 0.459. The third kappa shape index (κ3) is 2.90. The van der Waals surface area contributed by atoms with Crippen LogP contribution in [-0.2, 0) is 9.68 Å². The zero-order valence-corrected chi connectivity index (χ0v) is 6.42. The Hall–Kier alpha value is -1.23. The van der Waals surface area contributed by atoms with E-state index in [1.54, 1.807) is 6.92 Å². The molecule has 0 unspecified atom stereocenters. The van der Waals surface area contributed by atoms with Crippen LogP contribution in [0.4, 0.5) is 0 Å². The minimum absolute atomic E-state index is 0.0608. The van der Waals surface area contributed by atoms with Gasteiger partial charge < -0.3 is 15.3 Å². The molecular formula is C6H11NO4. The van der Waals surface area contributed by atoms with Gasteiger partial charge in [0.2, 0.25) is 0 Å². The first kappa shape index (κ1) is 9.77. The fraction of sp³-hybridized carbons (Fsp3) is 0.500. The van der Waals surface area contributed by atoms with Crippen molar-refractivity contribution in [3.05, 3.63) is 11.5 Å². The smallest absolute Gasteiger partial charge is 0.322 e. The van der Waals surface area contributed by atoms with Gasteiger partial charge in [0.15, 0.2) is 0 Å². The summed E-state index contributed by atoms with van der Waals surface area (Å²) in [5.41, 5.74) is -0.0608. The predicted octanol–water partition coefficient (Wildman–Crippen LogP) is 0.402. The standard InChI is InChI=1S/C6H11NO4/c1-3-7-5(8)4(2)6(9)11-10/h9-10H,3H2,1-2H3,(H,7,8). The first-order chi connectivity index (χ1) is 5.13. The Balaban J connectivity index is 4.22. The average Bonchev–Trinajstić information content (AvgIpc) is 2.02. The van der Waals surface area contributed by atoms with Gasteiger partial charge in [-0.25, -0.2) is 0 Å². The maximum absolute atomic E-state index is 10.8. The van der Waals surface area contributed by atoms with Crippen LogP contribution >= 0.6 is 0 Å². The van der Waals surface area contributed by atoms with Crippen LogP contribution in [0.1, 0.15) is 13.8 Å². The van der Waals surface area contributed by atoms with E-state index in [0.29, 0.717) is 6.54 Å². The van der Waals surface area contributed by atoms with Gasteiger partial charge in [0.1, 0.15) is 0 Å². The molecule has 0 saturated heterocycles. The van der Waals surface area contributed by atoms with Crippen molar-refractivity contribution < 1.29 is 20.0 Å². The topological polar surface area (TPSA) is 78.8 Å². The molecule has 11 heavy (non-hydrogen) atoms. The molecule has 0 fully saturated rings. The fourth-order valence-corrected chi connectivity index (χ4v) is 0.459. The van der Waals surface area contributed by atoms with Crippen molar-refractivity contribution in [2.45, 2.75) is 13.8 Å². The van der Waals surface area contributed by atoms with Crippen molar-refractivity contribution in [2.75, 3.05) is 6.54 Å². The summed E-state index contributed by atoms with van der Waals surface area (Å²) in [7, 11) is 0. The van der Waals surface area contributed by atoms with Crippen molar-refractivity contribution in [3.8, 4) is 0 Å².